The number of hydrogen-bond donors (Lipinski definition) is 2. The van der Waals surface area contributed by atoms with Gasteiger partial charge in [0, 0.05) is 21.8 Å². The minimum absolute atomic E-state index is 0.0684. The largest absolute Gasteiger partial charge is 0.376 e. The lowest BCUT2D eigenvalue weighted by atomic mass is 10.1. The number of rotatable bonds is 6. The number of anilines is 2. The molecule has 154 valence electrons. The number of aromatic nitrogens is 2. The SMILES string of the molecule is Cc1ccc(NCC(=O)Nc2nc(-c3ccccc3)cc(-c3ccccc3)n2)cc1Cl. The fourth-order valence-corrected chi connectivity index (χ4v) is 3.25. The van der Waals surface area contributed by atoms with Crippen molar-refractivity contribution in [1.29, 1.82) is 0 Å². The second-order valence-electron chi connectivity index (χ2n) is 7.06. The van der Waals surface area contributed by atoms with Gasteiger partial charge in [0.1, 0.15) is 0 Å². The molecule has 0 spiro atoms. The quantitative estimate of drug-likeness (QED) is 0.406. The highest BCUT2D eigenvalue weighted by molar-refractivity contribution is 6.31. The highest BCUT2D eigenvalue weighted by atomic mass is 35.5. The number of aryl methyl sites for hydroxylation is 1. The molecular formula is C25H21ClN4O. The van der Waals surface area contributed by atoms with Gasteiger partial charge in [-0.1, -0.05) is 78.3 Å². The van der Waals surface area contributed by atoms with E-state index in [1.165, 1.54) is 0 Å². The van der Waals surface area contributed by atoms with Crippen molar-refractivity contribution in [3.63, 3.8) is 0 Å². The number of benzene rings is 3. The molecule has 0 unspecified atom stereocenters. The van der Waals surface area contributed by atoms with Crippen LogP contribution in [0.25, 0.3) is 22.5 Å². The first kappa shape index (κ1) is 20.6. The maximum absolute atomic E-state index is 12.5. The Labute approximate surface area is 186 Å². The van der Waals surface area contributed by atoms with Gasteiger partial charge in [0.05, 0.1) is 17.9 Å². The molecule has 4 rings (SSSR count). The van der Waals surface area contributed by atoms with E-state index < -0.39 is 0 Å². The smallest absolute Gasteiger partial charge is 0.246 e. The third-order valence-electron chi connectivity index (χ3n) is 4.74. The summed E-state index contributed by atoms with van der Waals surface area (Å²) in [6.45, 7) is 2.00. The van der Waals surface area contributed by atoms with Crippen LogP contribution in [0.5, 0.6) is 0 Å². The molecule has 0 aliphatic carbocycles. The lowest BCUT2D eigenvalue weighted by Crippen LogP contribution is -2.23. The Morgan fingerprint density at radius 1 is 0.839 bits per heavy atom. The fraction of sp³-hybridized carbons (Fsp3) is 0.0800. The second kappa shape index (κ2) is 9.41. The Bertz CT molecular complexity index is 1140. The summed E-state index contributed by atoms with van der Waals surface area (Å²) >= 11 is 6.15. The average molecular weight is 429 g/mol. The normalized spacial score (nSPS) is 10.5. The number of nitrogens with one attached hydrogen (secondary N) is 2. The van der Waals surface area contributed by atoms with E-state index in [2.05, 4.69) is 20.6 Å². The molecule has 0 aliphatic rings. The van der Waals surface area contributed by atoms with Crippen LogP contribution in [0.1, 0.15) is 5.56 Å². The Hall–Kier alpha value is -3.70. The van der Waals surface area contributed by atoms with Gasteiger partial charge in [-0.05, 0) is 30.7 Å². The predicted molar refractivity (Wildman–Crippen MR) is 126 cm³/mol. The standard InChI is InChI=1S/C25H21ClN4O/c1-17-12-13-20(14-21(17)26)27-16-24(31)30-25-28-22(18-8-4-2-5-9-18)15-23(29-25)19-10-6-3-7-11-19/h2-15,27H,16H2,1H3,(H,28,29,30,31). The fourth-order valence-electron chi connectivity index (χ4n) is 3.07. The molecule has 0 aliphatic heterocycles. The van der Waals surface area contributed by atoms with Crippen LogP contribution < -0.4 is 10.6 Å². The van der Waals surface area contributed by atoms with Gasteiger partial charge >= 0.3 is 0 Å². The van der Waals surface area contributed by atoms with E-state index in [0.29, 0.717) is 5.02 Å². The zero-order chi connectivity index (χ0) is 21.6. The number of carbonyl (C=O) groups is 1. The van der Waals surface area contributed by atoms with E-state index >= 15 is 0 Å². The zero-order valence-corrected chi connectivity index (χ0v) is 17.7. The highest BCUT2D eigenvalue weighted by Gasteiger charge is 2.11. The van der Waals surface area contributed by atoms with Crippen LogP contribution in [0.2, 0.25) is 5.02 Å². The van der Waals surface area contributed by atoms with Gasteiger partial charge in [-0.2, -0.15) is 0 Å². The van der Waals surface area contributed by atoms with Crippen LogP contribution in [0.15, 0.2) is 84.9 Å². The molecule has 0 radical (unpaired) electrons. The Kier molecular flexibility index (Phi) is 6.24. The molecule has 0 saturated heterocycles. The van der Waals surface area contributed by atoms with Crippen LogP contribution in [0.3, 0.4) is 0 Å². The molecule has 5 nitrogen and oxygen atoms in total. The summed E-state index contributed by atoms with van der Waals surface area (Å²) in [4.78, 5) is 21.7. The first-order valence-corrected chi connectivity index (χ1v) is 10.3. The lowest BCUT2D eigenvalue weighted by Gasteiger charge is -2.11. The summed E-state index contributed by atoms with van der Waals surface area (Å²) < 4.78 is 0. The molecule has 0 atom stereocenters. The molecule has 31 heavy (non-hydrogen) atoms. The van der Waals surface area contributed by atoms with Crippen LogP contribution in [0.4, 0.5) is 11.6 Å². The summed E-state index contributed by atoms with van der Waals surface area (Å²) in [6, 6.07) is 27.1. The van der Waals surface area contributed by atoms with E-state index in [1.807, 2.05) is 85.8 Å². The Morgan fingerprint density at radius 3 is 1.97 bits per heavy atom. The second-order valence-corrected chi connectivity index (χ2v) is 7.47. The molecular weight excluding hydrogens is 408 g/mol. The number of amides is 1. The molecule has 0 bridgehead atoms. The van der Waals surface area contributed by atoms with Gasteiger partial charge < -0.3 is 5.32 Å². The van der Waals surface area contributed by atoms with Gasteiger partial charge in [-0.25, -0.2) is 9.97 Å². The van der Waals surface area contributed by atoms with Crippen molar-refractivity contribution in [2.75, 3.05) is 17.2 Å². The van der Waals surface area contributed by atoms with Gasteiger partial charge in [0.25, 0.3) is 0 Å². The van der Waals surface area contributed by atoms with E-state index in [-0.39, 0.29) is 18.4 Å². The molecule has 1 aromatic heterocycles. The maximum atomic E-state index is 12.5. The van der Waals surface area contributed by atoms with E-state index in [4.69, 9.17) is 11.6 Å². The monoisotopic (exact) mass is 428 g/mol. The third-order valence-corrected chi connectivity index (χ3v) is 5.15. The van der Waals surface area contributed by atoms with E-state index in [9.17, 15) is 4.79 Å². The molecule has 6 heteroatoms. The number of halogens is 1. The summed E-state index contributed by atoms with van der Waals surface area (Å²) in [5.41, 5.74) is 5.13. The highest BCUT2D eigenvalue weighted by Crippen LogP contribution is 2.25. The maximum Gasteiger partial charge on any atom is 0.246 e. The van der Waals surface area contributed by atoms with Crippen molar-refractivity contribution in [2.24, 2.45) is 0 Å². The van der Waals surface area contributed by atoms with Crippen molar-refractivity contribution < 1.29 is 4.79 Å². The molecule has 4 aromatic rings. The molecule has 0 fully saturated rings. The Morgan fingerprint density at radius 2 is 1.42 bits per heavy atom. The Balaban J connectivity index is 1.56. The lowest BCUT2D eigenvalue weighted by molar-refractivity contribution is -0.114. The third kappa shape index (κ3) is 5.27. The molecule has 3 aromatic carbocycles. The predicted octanol–water partition coefficient (Wildman–Crippen LogP) is 5.82. The van der Waals surface area contributed by atoms with E-state index in [1.54, 1.807) is 6.07 Å². The summed E-state index contributed by atoms with van der Waals surface area (Å²) in [5.74, 6) is 0.00913. The van der Waals surface area contributed by atoms with Crippen LogP contribution in [-0.2, 0) is 4.79 Å². The summed E-state index contributed by atoms with van der Waals surface area (Å²) in [7, 11) is 0. The minimum Gasteiger partial charge on any atom is -0.376 e. The summed E-state index contributed by atoms with van der Waals surface area (Å²) in [5, 5.41) is 6.52. The number of hydrogen-bond acceptors (Lipinski definition) is 4. The topological polar surface area (TPSA) is 66.9 Å². The van der Waals surface area contributed by atoms with Crippen molar-refractivity contribution in [1.82, 2.24) is 9.97 Å². The molecule has 0 saturated carbocycles. The van der Waals surface area contributed by atoms with Gasteiger partial charge in [0.2, 0.25) is 11.9 Å². The minimum atomic E-state index is -0.249. The molecule has 1 amide bonds. The van der Waals surface area contributed by atoms with Crippen molar-refractivity contribution in [3.8, 4) is 22.5 Å². The van der Waals surface area contributed by atoms with Crippen LogP contribution in [-0.4, -0.2) is 22.4 Å². The zero-order valence-electron chi connectivity index (χ0n) is 17.0. The van der Waals surface area contributed by atoms with Gasteiger partial charge in [-0.3, -0.25) is 10.1 Å². The number of carbonyl (C=O) groups excluding carboxylic acids is 1. The van der Waals surface area contributed by atoms with Crippen LogP contribution in [0, 0.1) is 6.92 Å². The first-order valence-electron chi connectivity index (χ1n) is 9.88. The van der Waals surface area contributed by atoms with Crippen LogP contribution >= 0.6 is 11.6 Å². The average Bonchev–Trinajstić information content (AvgIpc) is 2.81. The van der Waals surface area contributed by atoms with Crippen molar-refractivity contribution >= 4 is 29.1 Å². The summed E-state index contributed by atoms with van der Waals surface area (Å²) in [6.07, 6.45) is 0. The van der Waals surface area contributed by atoms with Crippen molar-refractivity contribution in [2.45, 2.75) is 6.92 Å². The first-order chi connectivity index (χ1) is 15.1. The van der Waals surface area contributed by atoms with E-state index in [0.717, 1.165) is 33.8 Å². The number of nitrogens with zero attached hydrogens (tertiary/aromatic N) is 2. The molecule has 2 N–H and O–H groups in total. The molecule has 1 heterocycles. The van der Waals surface area contributed by atoms with Gasteiger partial charge in [-0.15, -0.1) is 0 Å². The van der Waals surface area contributed by atoms with Crippen molar-refractivity contribution in [3.05, 3.63) is 95.5 Å². The van der Waals surface area contributed by atoms with Gasteiger partial charge in [0.15, 0.2) is 0 Å².